The quantitative estimate of drug-likeness (QED) is 0.0364. The minimum Gasteiger partial charge on any atom is -0.459 e. The summed E-state index contributed by atoms with van der Waals surface area (Å²) < 4.78 is 20.9. The molecule has 0 unspecified atom stereocenters. The van der Waals surface area contributed by atoms with E-state index in [0.717, 1.165) is 59.4 Å². The standard InChI is InChI=1S/C53H56N2O8/c1-3-28-60-53-49(55(2)52(59)41-23-22-38-17-7-8-18-39(38)30-41)33-47(54-61-35-36-14-5-4-6-15-36)45-31-40(19-9-11-26-56)44(21-10-12-27-57)50(51(45)53)46-32-43(24-25-48(46)63-53)62-42-20-13-16-37(29-42)34-58/h3-8,13-18,20,22-25,29-32,34,40,44,49-51,56-57H,1,9-12,19,21,26-28,33,35H2,2H3/t40-,44+,49-,50+,51+,53+/m0/s1. The van der Waals surface area contributed by atoms with Gasteiger partial charge in [0.2, 0.25) is 5.79 Å². The number of rotatable bonds is 19. The summed E-state index contributed by atoms with van der Waals surface area (Å²) in [5.74, 6) is -0.453. The first-order valence-corrected chi connectivity index (χ1v) is 22.1. The first-order chi connectivity index (χ1) is 30.9. The molecule has 6 atom stereocenters. The Morgan fingerprint density at radius 2 is 1.63 bits per heavy atom. The lowest BCUT2D eigenvalue weighted by molar-refractivity contribution is -0.252. The fourth-order valence-electron chi connectivity index (χ4n) is 10.0. The molecule has 10 heteroatoms. The van der Waals surface area contributed by atoms with Crippen LogP contribution < -0.4 is 9.47 Å². The number of aliphatic hydroxyl groups is 2. The molecule has 5 aromatic rings. The number of hydrogen-bond acceptors (Lipinski definition) is 9. The van der Waals surface area contributed by atoms with Crippen molar-refractivity contribution in [1.82, 2.24) is 4.90 Å². The van der Waals surface area contributed by atoms with Crippen molar-refractivity contribution in [3.8, 4) is 17.2 Å². The van der Waals surface area contributed by atoms with Gasteiger partial charge in [-0.15, -0.1) is 6.58 Å². The zero-order valence-corrected chi connectivity index (χ0v) is 35.8. The number of aliphatic hydroxyl groups excluding tert-OH is 2. The van der Waals surface area contributed by atoms with Crippen LogP contribution >= 0.6 is 0 Å². The molecule has 5 aromatic carbocycles. The highest BCUT2D eigenvalue weighted by atomic mass is 16.7. The molecular formula is C53H56N2O8. The van der Waals surface area contributed by atoms with E-state index in [9.17, 15) is 19.8 Å². The van der Waals surface area contributed by atoms with Crippen LogP contribution in [0.4, 0.5) is 0 Å². The van der Waals surface area contributed by atoms with Crippen molar-refractivity contribution in [1.29, 1.82) is 0 Å². The number of ether oxygens (including phenoxy) is 3. The predicted molar refractivity (Wildman–Crippen MR) is 244 cm³/mol. The Labute approximate surface area is 369 Å². The zero-order chi connectivity index (χ0) is 43.8. The number of oxime groups is 1. The smallest absolute Gasteiger partial charge is 0.254 e. The minimum absolute atomic E-state index is 0.0405. The lowest BCUT2D eigenvalue weighted by Crippen LogP contribution is -2.69. The van der Waals surface area contributed by atoms with Gasteiger partial charge in [-0.05, 0) is 102 Å². The number of nitrogens with zero attached hydrogens (tertiary/aromatic N) is 2. The largest absolute Gasteiger partial charge is 0.459 e. The Morgan fingerprint density at radius 1 is 0.873 bits per heavy atom. The third-order valence-electron chi connectivity index (χ3n) is 12.9. The normalized spacial score (nSPS) is 22.9. The summed E-state index contributed by atoms with van der Waals surface area (Å²) in [4.78, 5) is 34.6. The van der Waals surface area contributed by atoms with Crippen LogP contribution in [0.5, 0.6) is 17.2 Å². The Kier molecular flexibility index (Phi) is 13.8. The number of carbonyl (C=O) groups is 2. The summed E-state index contributed by atoms with van der Waals surface area (Å²) in [5, 5.41) is 26.9. The summed E-state index contributed by atoms with van der Waals surface area (Å²) >= 11 is 0. The molecule has 0 radical (unpaired) electrons. The summed E-state index contributed by atoms with van der Waals surface area (Å²) in [6.07, 6.45) is 9.67. The molecule has 0 spiro atoms. The van der Waals surface area contributed by atoms with Crippen LogP contribution in [0, 0.1) is 17.8 Å². The highest BCUT2D eigenvalue weighted by Crippen LogP contribution is 2.62. The van der Waals surface area contributed by atoms with Crippen LogP contribution in [0.1, 0.15) is 82.7 Å². The third kappa shape index (κ3) is 9.21. The van der Waals surface area contributed by atoms with Crippen molar-refractivity contribution >= 4 is 28.7 Å². The molecule has 1 aliphatic heterocycles. The Balaban J connectivity index is 1.31. The van der Waals surface area contributed by atoms with Gasteiger partial charge in [-0.3, -0.25) is 9.59 Å². The second kappa shape index (κ2) is 20.0. The van der Waals surface area contributed by atoms with Crippen molar-refractivity contribution in [3.05, 3.63) is 162 Å². The van der Waals surface area contributed by atoms with Gasteiger partial charge in [0.1, 0.15) is 36.2 Å². The molecule has 10 nitrogen and oxygen atoms in total. The Hall–Kier alpha value is -6.07. The number of unbranched alkanes of at least 4 members (excludes halogenated alkanes) is 2. The maximum absolute atomic E-state index is 14.9. The second-order valence-electron chi connectivity index (χ2n) is 16.8. The highest BCUT2D eigenvalue weighted by molar-refractivity contribution is 6.04. The number of hydrogen-bond donors (Lipinski definition) is 2. The van der Waals surface area contributed by atoms with Crippen LogP contribution in [0.3, 0.4) is 0 Å². The topological polar surface area (TPSA) is 127 Å². The van der Waals surface area contributed by atoms with Gasteiger partial charge in [0.15, 0.2) is 0 Å². The first-order valence-electron chi connectivity index (χ1n) is 22.1. The van der Waals surface area contributed by atoms with E-state index in [-0.39, 0.29) is 56.5 Å². The van der Waals surface area contributed by atoms with Gasteiger partial charge in [-0.25, -0.2) is 0 Å². The maximum Gasteiger partial charge on any atom is 0.254 e. The Morgan fingerprint density at radius 3 is 2.41 bits per heavy atom. The lowest BCUT2D eigenvalue weighted by Gasteiger charge is -2.59. The van der Waals surface area contributed by atoms with Gasteiger partial charge in [0.25, 0.3) is 5.91 Å². The number of aldehydes is 1. The highest BCUT2D eigenvalue weighted by Gasteiger charge is 2.65. The molecule has 326 valence electrons. The molecule has 1 saturated carbocycles. The molecule has 8 rings (SSSR count). The fraction of sp³-hybridized carbons (Fsp3) is 0.340. The van der Waals surface area contributed by atoms with Gasteiger partial charge >= 0.3 is 0 Å². The third-order valence-corrected chi connectivity index (χ3v) is 12.9. The van der Waals surface area contributed by atoms with Crippen LogP contribution in [-0.4, -0.2) is 71.7 Å². The average molecular weight is 849 g/mol. The van der Waals surface area contributed by atoms with Gasteiger partial charge in [0, 0.05) is 49.3 Å². The number of benzene rings is 5. The van der Waals surface area contributed by atoms with Crippen molar-refractivity contribution in [3.63, 3.8) is 0 Å². The number of fused-ring (bicyclic) bond motifs is 3. The summed E-state index contributed by atoms with van der Waals surface area (Å²) in [6.45, 7) is 4.64. The predicted octanol–water partition coefficient (Wildman–Crippen LogP) is 10.1. The maximum atomic E-state index is 14.9. The van der Waals surface area contributed by atoms with E-state index in [4.69, 9.17) is 24.2 Å². The van der Waals surface area contributed by atoms with Crippen LogP contribution in [0.25, 0.3) is 10.8 Å². The molecule has 1 amide bonds. The van der Waals surface area contributed by atoms with Crippen molar-refractivity contribution < 1.29 is 38.9 Å². The molecule has 0 aromatic heterocycles. The van der Waals surface area contributed by atoms with Crippen molar-refractivity contribution in [2.75, 3.05) is 26.9 Å². The van der Waals surface area contributed by atoms with Crippen molar-refractivity contribution in [2.24, 2.45) is 22.9 Å². The monoisotopic (exact) mass is 848 g/mol. The molecular weight excluding hydrogens is 793 g/mol. The second-order valence-corrected chi connectivity index (χ2v) is 16.8. The fourth-order valence-corrected chi connectivity index (χ4v) is 10.0. The molecule has 3 aliphatic rings. The van der Waals surface area contributed by atoms with Crippen molar-refractivity contribution in [2.45, 2.75) is 69.3 Å². The SMILES string of the molecule is C=CCO[C@@]12Oc3ccc(Oc4cccc(C=O)c4)cc3[C@H]3[C@H](CCCCO)[C@@H](CCCCO)C=C(C(=NOCc4ccccc4)C[C@@H]1N(C)C(=O)c1ccc4ccccc4c1)[C@H]32. The number of allylic oxidation sites excluding steroid dienone is 1. The molecule has 0 bridgehead atoms. The van der Waals surface area contributed by atoms with Crippen LogP contribution in [0.15, 0.2) is 145 Å². The first kappa shape index (κ1) is 43.6. The van der Waals surface area contributed by atoms with E-state index < -0.39 is 17.7 Å². The van der Waals surface area contributed by atoms with Gasteiger partial charge in [-0.2, -0.15) is 0 Å². The zero-order valence-electron chi connectivity index (χ0n) is 35.8. The number of likely N-dealkylation sites (N-methyl/N-ethyl adjacent to an activating group) is 1. The summed E-state index contributed by atoms with van der Waals surface area (Å²) in [6, 6.07) is 35.8. The van der Waals surface area contributed by atoms with Crippen LogP contribution in [0.2, 0.25) is 0 Å². The molecule has 2 N–H and O–H groups in total. The molecule has 63 heavy (non-hydrogen) atoms. The molecule has 1 fully saturated rings. The van der Waals surface area contributed by atoms with E-state index >= 15 is 0 Å². The van der Waals surface area contributed by atoms with E-state index in [1.165, 1.54) is 0 Å². The average Bonchev–Trinajstić information content (AvgIpc) is 3.32. The van der Waals surface area contributed by atoms with E-state index in [2.05, 4.69) is 12.7 Å². The molecule has 1 heterocycles. The number of carbonyl (C=O) groups excluding carboxylic acids is 2. The minimum atomic E-state index is -1.40. The molecule has 2 aliphatic carbocycles. The van der Waals surface area contributed by atoms with Crippen LogP contribution in [-0.2, 0) is 16.2 Å². The molecule has 0 saturated heterocycles. The van der Waals surface area contributed by atoms with Gasteiger partial charge in [-0.1, -0.05) is 103 Å². The Bertz CT molecular complexity index is 2470. The van der Waals surface area contributed by atoms with Gasteiger partial charge in [0.05, 0.1) is 18.2 Å². The summed E-state index contributed by atoms with van der Waals surface area (Å²) in [7, 11) is 1.82. The number of amides is 1. The lowest BCUT2D eigenvalue weighted by atomic mass is 9.55. The van der Waals surface area contributed by atoms with E-state index in [1.54, 1.807) is 29.2 Å². The van der Waals surface area contributed by atoms with E-state index in [0.29, 0.717) is 46.9 Å². The van der Waals surface area contributed by atoms with Gasteiger partial charge < -0.3 is 34.2 Å². The summed E-state index contributed by atoms with van der Waals surface area (Å²) in [5.41, 5.74) is 4.62. The van der Waals surface area contributed by atoms with E-state index in [1.807, 2.05) is 104 Å².